The van der Waals surface area contributed by atoms with Crippen molar-refractivity contribution < 1.29 is 14.4 Å². The highest BCUT2D eigenvalue weighted by Crippen LogP contribution is 2.17. The van der Waals surface area contributed by atoms with Crippen LogP contribution in [0.1, 0.15) is 10.4 Å². The summed E-state index contributed by atoms with van der Waals surface area (Å²) in [6, 6.07) is 6.56. The van der Waals surface area contributed by atoms with Crippen molar-refractivity contribution >= 4 is 23.3 Å². The van der Waals surface area contributed by atoms with Crippen molar-refractivity contribution in [3.8, 4) is 0 Å². The van der Waals surface area contributed by atoms with Crippen molar-refractivity contribution in [2.24, 2.45) is 5.73 Å². The first-order valence-electron chi connectivity index (χ1n) is 5.56. The molecule has 1 aromatic rings. The topological polar surface area (TPSA) is 92.5 Å². The molecule has 1 fully saturated rings. The van der Waals surface area contributed by atoms with E-state index in [9.17, 15) is 14.4 Å². The lowest BCUT2D eigenvalue weighted by atomic mass is 10.1. The van der Waals surface area contributed by atoms with Crippen LogP contribution in [0.25, 0.3) is 0 Å². The third kappa shape index (κ3) is 2.23. The lowest BCUT2D eigenvalue weighted by Crippen LogP contribution is -2.52. The Labute approximate surface area is 104 Å². The molecular formula is C12H13N3O3. The fourth-order valence-corrected chi connectivity index (χ4v) is 1.79. The fraction of sp³-hybridized carbons (Fsp3) is 0.250. The van der Waals surface area contributed by atoms with Gasteiger partial charge in [0.1, 0.15) is 0 Å². The number of rotatable bonds is 3. The lowest BCUT2D eigenvalue weighted by molar-refractivity contribution is -0.138. The highest BCUT2D eigenvalue weighted by Gasteiger charge is 2.27. The summed E-state index contributed by atoms with van der Waals surface area (Å²) in [7, 11) is 0. The molecule has 0 aromatic heterocycles. The maximum absolute atomic E-state index is 11.7. The van der Waals surface area contributed by atoms with Crippen molar-refractivity contribution in [2.45, 2.75) is 0 Å². The molecule has 18 heavy (non-hydrogen) atoms. The molecule has 6 heteroatoms. The van der Waals surface area contributed by atoms with Gasteiger partial charge >= 0.3 is 11.8 Å². The van der Waals surface area contributed by atoms with E-state index in [-0.39, 0.29) is 12.3 Å². The van der Waals surface area contributed by atoms with Gasteiger partial charge in [-0.25, -0.2) is 0 Å². The Hall–Kier alpha value is -2.21. The molecule has 2 amide bonds. The molecule has 1 aliphatic heterocycles. The van der Waals surface area contributed by atoms with Gasteiger partial charge in [0.25, 0.3) is 0 Å². The zero-order chi connectivity index (χ0) is 13.1. The maximum Gasteiger partial charge on any atom is 0.316 e. The van der Waals surface area contributed by atoms with Crippen LogP contribution in [0.4, 0.5) is 5.69 Å². The van der Waals surface area contributed by atoms with Crippen molar-refractivity contribution in [3.63, 3.8) is 0 Å². The molecule has 1 aliphatic rings. The van der Waals surface area contributed by atoms with Gasteiger partial charge in [-0.05, 0) is 12.1 Å². The van der Waals surface area contributed by atoms with Crippen LogP contribution in [0.15, 0.2) is 24.3 Å². The Bertz CT molecular complexity index is 513. The van der Waals surface area contributed by atoms with Gasteiger partial charge in [0, 0.05) is 24.3 Å². The van der Waals surface area contributed by atoms with E-state index in [1.807, 2.05) is 0 Å². The number of hydrogen-bond donors (Lipinski definition) is 2. The molecule has 6 nitrogen and oxygen atoms in total. The van der Waals surface area contributed by atoms with Crippen LogP contribution in [0, 0.1) is 0 Å². The second-order valence-corrected chi connectivity index (χ2v) is 3.89. The van der Waals surface area contributed by atoms with Gasteiger partial charge in [-0.1, -0.05) is 12.1 Å². The number of amides is 2. The molecule has 0 atom stereocenters. The number of nitrogens with two attached hydrogens (primary N) is 1. The van der Waals surface area contributed by atoms with Gasteiger partial charge in [0.05, 0.1) is 6.54 Å². The summed E-state index contributed by atoms with van der Waals surface area (Å²) in [5.74, 6) is -1.44. The number of nitrogens with zero attached hydrogens (tertiary/aromatic N) is 1. The van der Waals surface area contributed by atoms with E-state index in [4.69, 9.17) is 5.73 Å². The highest BCUT2D eigenvalue weighted by molar-refractivity contribution is 6.41. The number of carbonyl (C=O) groups is 3. The van der Waals surface area contributed by atoms with Crippen LogP contribution in [-0.4, -0.2) is 37.2 Å². The van der Waals surface area contributed by atoms with Gasteiger partial charge in [-0.15, -0.1) is 0 Å². The SMILES string of the molecule is NCC(=O)c1cccc(N2CCNC(=O)C2=O)c1. The number of Topliss-reactive ketones (excluding diaryl/α,β-unsaturated/α-hetero) is 1. The molecule has 0 saturated carbocycles. The molecule has 2 rings (SSSR count). The average molecular weight is 247 g/mol. The Balaban J connectivity index is 2.30. The van der Waals surface area contributed by atoms with Gasteiger partial charge in [0.2, 0.25) is 0 Å². The van der Waals surface area contributed by atoms with Gasteiger partial charge < -0.3 is 16.0 Å². The average Bonchev–Trinajstić information content (AvgIpc) is 2.41. The zero-order valence-electron chi connectivity index (χ0n) is 9.68. The second-order valence-electron chi connectivity index (χ2n) is 3.89. The third-order valence-electron chi connectivity index (χ3n) is 2.73. The molecule has 1 heterocycles. The van der Waals surface area contributed by atoms with E-state index in [0.717, 1.165) is 0 Å². The lowest BCUT2D eigenvalue weighted by Gasteiger charge is -2.26. The van der Waals surface area contributed by atoms with E-state index in [2.05, 4.69) is 5.32 Å². The number of benzene rings is 1. The van der Waals surface area contributed by atoms with Crippen LogP contribution < -0.4 is 16.0 Å². The van der Waals surface area contributed by atoms with E-state index >= 15 is 0 Å². The third-order valence-corrected chi connectivity index (χ3v) is 2.73. The normalized spacial score (nSPS) is 15.5. The fourth-order valence-electron chi connectivity index (χ4n) is 1.79. The molecule has 3 N–H and O–H groups in total. The molecule has 0 aliphatic carbocycles. The summed E-state index contributed by atoms with van der Waals surface area (Å²) < 4.78 is 0. The van der Waals surface area contributed by atoms with Crippen molar-refractivity contribution in [3.05, 3.63) is 29.8 Å². The van der Waals surface area contributed by atoms with E-state index in [1.165, 1.54) is 4.90 Å². The van der Waals surface area contributed by atoms with Crippen LogP contribution in [0.5, 0.6) is 0 Å². The number of anilines is 1. The standard InChI is InChI=1S/C12H13N3O3/c13-7-10(16)8-2-1-3-9(6-8)15-5-4-14-11(17)12(15)18/h1-3,6H,4-5,7,13H2,(H,14,17). The number of carbonyl (C=O) groups excluding carboxylic acids is 3. The van der Waals surface area contributed by atoms with Crippen LogP contribution in [-0.2, 0) is 9.59 Å². The summed E-state index contributed by atoms with van der Waals surface area (Å²) in [6.45, 7) is 0.711. The summed E-state index contributed by atoms with van der Waals surface area (Å²) in [5, 5.41) is 2.46. The quantitative estimate of drug-likeness (QED) is 0.545. The summed E-state index contributed by atoms with van der Waals surface area (Å²) >= 11 is 0. The van der Waals surface area contributed by atoms with Crippen LogP contribution in [0.2, 0.25) is 0 Å². The predicted octanol–water partition coefficient (Wildman–Crippen LogP) is -0.709. The number of piperazine rings is 1. The smallest absolute Gasteiger partial charge is 0.316 e. The summed E-state index contributed by atoms with van der Waals surface area (Å²) in [6.07, 6.45) is 0. The summed E-state index contributed by atoms with van der Waals surface area (Å²) in [5.41, 5.74) is 6.26. The minimum Gasteiger partial charge on any atom is -0.346 e. The predicted molar refractivity (Wildman–Crippen MR) is 65.2 cm³/mol. The molecule has 0 unspecified atom stereocenters. The molecule has 0 radical (unpaired) electrons. The molecule has 94 valence electrons. The number of ketones is 1. The van der Waals surface area contributed by atoms with E-state index in [1.54, 1.807) is 24.3 Å². The molecular weight excluding hydrogens is 234 g/mol. The summed E-state index contributed by atoms with van der Waals surface area (Å²) in [4.78, 5) is 35.8. The highest BCUT2D eigenvalue weighted by atomic mass is 16.2. The molecule has 1 aromatic carbocycles. The zero-order valence-corrected chi connectivity index (χ0v) is 9.68. The van der Waals surface area contributed by atoms with Crippen molar-refractivity contribution in [1.29, 1.82) is 0 Å². The second kappa shape index (κ2) is 4.97. The Morgan fingerprint density at radius 2 is 2.17 bits per heavy atom. The van der Waals surface area contributed by atoms with Crippen LogP contribution in [0.3, 0.4) is 0 Å². The van der Waals surface area contributed by atoms with E-state index in [0.29, 0.717) is 24.3 Å². The minimum absolute atomic E-state index is 0.0854. The van der Waals surface area contributed by atoms with E-state index < -0.39 is 11.8 Å². The first-order valence-corrected chi connectivity index (χ1v) is 5.56. The number of nitrogens with one attached hydrogen (secondary N) is 1. The van der Waals surface area contributed by atoms with Crippen molar-refractivity contribution in [1.82, 2.24) is 5.32 Å². The molecule has 1 saturated heterocycles. The van der Waals surface area contributed by atoms with Gasteiger partial charge in [-0.2, -0.15) is 0 Å². The van der Waals surface area contributed by atoms with Crippen LogP contribution >= 0.6 is 0 Å². The Morgan fingerprint density at radius 3 is 2.89 bits per heavy atom. The molecule has 0 spiro atoms. The van der Waals surface area contributed by atoms with Crippen molar-refractivity contribution in [2.75, 3.05) is 24.5 Å². The maximum atomic E-state index is 11.7. The monoisotopic (exact) mass is 247 g/mol. The number of hydrogen-bond acceptors (Lipinski definition) is 4. The first-order chi connectivity index (χ1) is 8.63. The Kier molecular flexibility index (Phi) is 3.38. The van der Waals surface area contributed by atoms with Gasteiger partial charge in [-0.3, -0.25) is 14.4 Å². The molecule has 0 bridgehead atoms. The first kappa shape index (κ1) is 12.3. The minimum atomic E-state index is -0.628. The largest absolute Gasteiger partial charge is 0.346 e. The Morgan fingerprint density at radius 1 is 1.39 bits per heavy atom. The van der Waals surface area contributed by atoms with Gasteiger partial charge in [0.15, 0.2) is 5.78 Å².